The van der Waals surface area contributed by atoms with Crippen molar-refractivity contribution in [2.24, 2.45) is 5.92 Å². The molecule has 0 saturated heterocycles. The van der Waals surface area contributed by atoms with Crippen LogP contribution in [-0.2, 0) is 14.4 Å². The fraction of sp³-hybridized carbons (Fsp3) is 0.368. The molecule has 6 heteroatoms. The fourth-order valence-corrected chi connectivity index (χ4v) is 5.78. The molecule has 4 rings (SSSR count). The van der Waals surface area contributed by atoms with E-state index >= 15 is 0 Å². The SMILES string of the molecule is CC(=O)C[C@H](CC(=O)[C@H](CC(C)C)NC(=O)CCCNc1cc(C)ccn1)c1ccc(-c2ccc(C)c3ccccc23)cc1. The second-order valence-corrected chi connectivity index (χ2v) is 12.4. The minimum absolute atomic E-state index is 0.0333. The van der Waals surface area contributed by atoms with E-state index in [2.05, 4.69) is 71.1 Å². The van der Waals surface area contributed by atoms with Gasteiger partial charge in [-0.05, 0) is 96.2 Å². The first kappa shape index (κ1) is 32.6. The van der Waals surface area contributed by atoms with Gasteiger partial charge in [0.25, 0.3) is 0 Å². The van der Waals surface area contributed by atoms with Gasteiger partial charge in [0.05, 0.1) is 6.04 Å². The van der Waals surface area contributed by atoms with Gasteiger partial charge in [-0.2, -0.15) is 0 Å². The highest BCUT2D eigenvalue weighted by Gasteiger charge is 2.26. The second-order valence-electron chi connectivity index (χ2n) is 12.4. The van der Waals surface area contributed by atoms with Crippen LogP contribution in [0.25, 0.3) is 21.9 Å². The van der Waals surface area contributed by atoms with Gasteiger partial charge in [-0.25, -0.2) is 4.98 Å². The Morgan fingerprint density at radius 3 is 2.27 bits per heavy atom. The number of amides is 1. The second kappa shape index (κ2) is 15.4. The van der Waals surface area contributed by atoms with Crippen LogP contribution >= 0.6 is 0 Å². The number of ketones is 2. The maximum Gasteiger partial charge on any atom is 0.220 e. The number of fused-ring (bicyclic) bond motifs is 1. The first-order valence-electron chi connectivity index (χ1n) is 15.7. The first-order chi connectivity index (χ1) is 21.1. The average molecular weight is 592 g/mol. The normalized spacial score (nSPS) is 12.6. The lowest BCUT2D eigenvalue weighted by atomic mass is 9.85. The highest BCUT2D eigenvalue weighted by Crippen LogP contribution is 2.33. The molecule has 0 aliphatic carbocycles. The molecule has 230 valence electrons. The van der Waals surface area contributed by atoms with Crippen molar-refractivity contribution < 1.29 is 14.4 Å². The van der Waals surface area contributed by atoms with Gasteiger partial charge >= 0.3 is 0 Å². The van der Waals surface area contributed by atoms with Crippen molar-refractivity contribution in [1.82, 2.24) is 10.3 Å². The van der Waals surface area contributed by atoms with Gasteiger partial charge in [0, 0.05) is 32.0 Å². The monoisotopic (exact) mass is 591 g/mol. The lowest BCUT2D eigenvalue weighted by Gasteiger charge is -2.23. The largest absolute Gasteiger partial charge is 0.370 e. The summed E-state index contributed by atoms with van der Waals surface area (Å²) in [5.74, 6) is 0.635. The van der Waals surface area contributed by atoms with Gasteiger partial charge in [-0.15, -0.1) is 0 Å². The molecule has 6 nitrogen and oxygen atoms in total. The molecule has 0 spiro atoms. The third-order valence-corrected chi connectivity index (χ3v) is 8.05. The number of carbonyl (C=O) groups is 3. The van der Waals surface area contributed by atoms with Gasteiger partial charge in [0.1, 0.15) is 11.6 Å². The van der Waals surface area contributed by atoms with E-state index in [-0.39, 0.29) is 42.2 Å². The van der Waals surface area contributed by atoms with Crippen LogP contribution < -0.4 is 10.6 Å². The molecular formula is C38H45N3O3. The summed E-state index contributed by atoms with van der Waals surface area (Å²) in [5.41, 5.74) is 5.56. The van der Waals surface area contributed by atoms with Crippen molar-refractivity contribution in [3.05, 3.63) is 95.7 Å². The summed E-state index contributed by atoms with van der Waals surface area (Å²) in [4.78, 5) is 43.1. The molecule has 0 unspecified atom stereocenters. The van der Waals surface area contributed by atoms with Crippen molar-refractivity contribution in [3.63, 3.8) is 0 Å². The number of rotatable bonds is 15. The summed E-state index contributed by atoms with van der Waals surface area (Å²) in [6.45, 7) is 10.4. The molecule has 4 aromatic rings. The molecule has 0 saturated carbocycles. The minimum atomic E-state index is -0.582. The number of aromatic nitrogens is 1. The summed E-state index contributed by atoms with van der Waals surface area (Å²) in [7, 11) is 0. The zero-order valence-electron chi connectivity index (χ0n) is 26.7. The zero-order valence-corrected chi connectivity index (χ0v) is 26.7. The molecule has 1 amide bonds. The van der Waals surface area contributed by atoms with Gasteiger partial charge < -0.3 is 15.4 Å². The first-order valence-corrected chi connectivity index (χ1v) is 15.7. The zero-order chi connectivity index (χ0) is 31.6. The van der Waals surface area contributed by atoms with Crippen LogP contribution in [0.15, 0.2) is 79.0 Å². The Balaban J connectivity index is 1.42. The lowest BCUT2D eigenvalue weighted by Crippen LogP contribution is -2.42. The highest BCUT2D eigenvalue weighted by molar-refractivity contribution is 5.98. The Kier molecular flexibility index (Phi) is 11.4. The molecule has 1 heterocycles. The number of hydrogen-bond donors (Lipinski definition) is 2. The molecule has 0 fully saturated rings. The Morgan fingerprint density at radius 1 is 0.864 bits per heavy atom. The lowest BCUT2D eigenvalue weighted by molar-refractivity contribution is -0.128. The number of benzene rings is 3. The van der Waals surface area contributed by atoms with E-state index in [1.54, 1.807) is 13.1 Å². The van der Waals surface area contributed by atoms with E-state index in [0.29, 0.717) is 25.8 Å². The van der Waals surface area contributed by atoms with Crippen LogP contribution in [0, 0.1) is 19.8 Å². The Bertz CT molecular complexity index is 1590. The molecule has 2 atom stereocenters. The van der Waals surface area contributed by atoms with Crippen molar-refractivity contribution in [2.45, 2.75) is 78.7 Å². The number of Topliss-reactive ketones (excluding diaryl/α,β-unsaturated/α-hetero) is 2. The average Bonchev–Trinajstić information content (AvgIpc) is 2.99. The van der Waals surface area contributed by atoms with Gasteiger partial charge in [0.2, 0.25) is 5.91 Å². The van der Waals surface area contributed by atoms with Gasteiger partial charge in [-0.1, -0.05) is 74.5 Å². The fourth-order valence-electron chi connectivity index (χ4n) is 5.78. The molecule has 0 aliphatic rings. The highest BCUT2D eigenvalue weighted by atomic mass is 16.2. The summed E-state index contributed by atoms with van der Waals surface area (Å²) in [6.07, 6.45) is 3.73. The van der Waals surface area contributed by atoms with Gasteiger partial charge in [0.15, 0.2) is 5.78 Å². The number of nitrogens with zero attached hydrogens (tertiary/aromatic N) is 1. The van der Waals surface area contributed by atoms with Gasteiger partial charge in [-0.3, -0.25) is 9.59 Å². The van der Waals surface area contributed by atoms with Crippen LogP contribution in [-0.4, -0.2) is 35.0 Å². The van der Waals surface area contributed by atoms with E-state index in [1.807, 2.05) is 45.0 Å². The molecule has 2 N–H and O–H groups in total. The third-order valence-electron chi connectivity index (χ3n) is 8.05. The molecule has 0 aliphatic heterocycles. The van der Waals surface area contributed by atoms with E-state index in [0.717, 1.165) is 28.1 Å². The van der Waals surface area contributed by atoms with Crippen LogP contribution in [0.1, 0.15) is 75.5 Å². The summed E-state index contributed by atoms with van der Waals surface area (Å²) < 4.78 is 0. The van der Waals surface area contributed by atoms with Crippen molar-refractivity contribution >= 4 is 34.1 Å². The molecular weight excluding hydrogens is 546 g/mol. The summed E-state index contributed by atoms with van der Waals surface area (Å²) in [5, 5.41) is 8.68. The topological polar surface area (TPSA) is 88.2 Å². The molecule has 44 heavy (non-hydrogen) atoms. The van der Waals surface area contributed by atoms with Crippen LogP contribution in [0.2, 0.25) is 0 Å². The number of hydrogen-bond acceptors (Lipinski definition) is 5. The predicted octanol–water partition coefficient (Wildman–Crippen LogP) is 7.96. The number of carbonyl (C=O) groups excluding carboxylic acids is 3. The van der Waals surface area contributed by atoms with Crippen molar-refractivity contribution in [1.29, 1.82) is 0 Å². The Hall–Kier alpha value is -4.32. The number of pyridine rings is 1. The summed E-state index contributed by atoms with van der Waals surface area (Å²) >= 11 is 0. The Morgan fingerprint density at radius 2 is 1.59 bits per heavy atom. The molecule has 0 radical (unpaired) electrons. The number of nitrogens with one attached hydrogen (secondary N) is 2. The molecule has 0 bridgehead atoms. The van der Waals surface area contributed by atoms with Crippen LogP contribution in [0.3, 0.4) is 0 Å². The smallest absolute Gasteiger partial charge is 0.220 e. The maximum atomic E-state index is 13.6. The molecule has 1 aromatic heterocycles. The van der Waals surface area contributed by atoms with E-state index in [4.69, 9.17) is 0 Å². The predicted molar refractivity (Wildman–Crippen MR) is 180 cm³/mol. The van der Waals surface area contributed by atoms with Crippen molar-refractivity contribution in [2.75, 3.05) is 11.9 Å². The minimum Gasteiger partial charge on any atom is -0.370 e. The van der Waals surface area contributed by atoms with E-state index in [1.165, 1.54) is 16.3 Å². The quantitative estimate of drug-likeness (QED) is 0.137. The summed E-state index contributed by atoms with van der Waals surface area (Å²) in [6, 6.07) is 24.3. The maximum absolute atomic E-state index is 13.6. The Labute approximate surface area is 261 Å². The third kappa shape index (κ3) is 9.09. The number of anilines is 1. The van der Waals surface area contributed by atoms with Crippen molar-refractivity contribution in [3.8, 4) is 11.1 Å². The van der Waals surface area contributed by atoms with E-state index < -0.39 is 6.04 Å². The number of aryl methyl sites for hydroxylation is 2. The van der Waals surface area contributed by atoms with Crippen LogP contribution in [0.5, 0.6) is 0 Å². The molecule has 3 aromatic carbocycles. The standard InChI is InChI=1S/C38H45N3O3/c1-25(2)21-35(41-38(44)11-8-19-39-37-22-26(3)18-20-40-37)36(43)24-31(23-28(5)42)29-13-15-30(16-14-29)33-17-12-27(4)32-9-6-7-10-34(32)33/h6-7,9-10,12-18,20,22,25,31,35H,8,11,19,21,23-24H2,1-5H3,(H,39,40)(H,41,44)/t31-,35+/m1/s1. The van der Waals surface area contributed by atoms with Crippen LogP contribution in [0.4, 0.5) is 5.82 Å². The van der Waals surface area contributed by atoms with E-state index in [9.17, 15) is 14.4 Å².